The third kappa shape index (κ3) is 2.94. The second-order valence-corrected chi connectivity index (χ2v) is 4.46. The summed E-state index contributed by atoms with van der Waals surface area (Å²) in [6.45, 7) is 1.79. The Morgan fingerprint density at radius 2 is 2.13 bits per heavy atom. The summed E-state index contributed by atoms with van der Waals surface area (Å²) >= 11 is 1.76. The normalized spacial score (nSPS) is 10.7. The first-order chi connectivity index (χ1) is 7.38. The third-order valence-corrected chi connectivity index (χ3v) is 3.22. The Morgan fingerprint density at radius 3 is 2.87 bits per heavy atom. The predicted octanol–water partition coefficient (Wildman–Crippen LogP) is 2.29. The molecule has 2 aromatic heterocycles. The number of aryl methyl sites for hydroxylation is 2. The van der Waals surface area contributed by atoms with Crippen molar-refractivity contribution >= 4 is 11.3 Å². The maximum atomic E-state index is 5.51. The van der Waals surface area contributed by atoms with Gasteiger partial charge in [-0.3, -0.25) is 0 Å². The van der Waals surface area contributed by atoms with Gasteiger partial charge in [-0.25, -0.2) is 0 Å². The first kappa shape index (κ1) is 10.5. The highest BCUT2D eigenvalue weighted by molar-refractivity contribution is 7.07. The van der Waals surface area contributed by atoms with Gasteiger partial charge >= 0.3 is 0 Å². The molecule has 2 aromatic rings. The molecule has 3 heteroatoms. The maximum Gasteiger partial charge on any atom is 0.0260 e. The van der Waals surface area contributed by atoms with E-state index in [1.165, 1.54) is 11.1 Å². The van der Waals surface area contributed by atoms with E-state index in [0.717, 1.165) is 25.9 Å². The van der Waals surface area contributed by atoms with Crippen molar-refractivity contribution in [2.45, 2.75) is 19.4 Å². The van der Waals surface area contributed by atoms with Crippen LogP contribution >= 0.6 is 11.3 Å². The van der Waals surface area contributed by atoms with Crippen LogP contribution < -0.4 is 5.73 Å². The molecule has 2 rings (SSSR count). The summed E-state index contributed by atoms with van der Waals surface area (Å²) in [4.78, 5) is 0. The molecular formula is C12H16N2S. The first-order valence-electron chi connectivity index (χ1n) is 5.24. The van der Waals surface area contributed by atoms with E-state index in [4.69, 9.17) is 5.73 Å². The molecule has 0 unspecified atom stereocenters. The van der Waals surface area contributed by atoms with Gasteiger partial charge in [0.2, 0.25) is 0 Å². The van der Waals surface area contributed by atoms with Crippen molar-refractivity contribution in [3.8, 4) is 0 Å². The molecular weight excluding hydrogens is 204 g/mol. The lowest BCUT2D eigenvalue weighted by Gasteiger charge is -2.00. The van der Waals surface area contributed by atoms with Crippen LogP contribution in [0.3, 0.4) is 0 Å². The Morgan fingerprint density at radius 1 is 1.20 bits per heavy atom. The first-order valence-corrected chi connectivity index (χ1v) is 6.18. The van der Waals surface area contributed by atoms with Crippen LogP contribution in [0.15, 0.2) is 35.3 Å². The molecule has 0 fully saturated rings. The van der Waals surface area contributed by atoms with Crippen molar-refractivity contribution in [3.63, 3.8) is 0 Å². The minimum atomic E-state index is 0.731. The van der Waals surface area contributed by atoms with Gasteiger partial charge in [-0.05, 0) is 53.4 Å². The summed E-state index contributed by atoms with van der Waals surface area (Å²) in [5.41, 5.74) is 8.27. The van der Waals surface area contributed by atoms with Gasteiger partial charge in [0.25, 0.3) is 0 Å². The molecule has 2 N–H and O–H groups in total. The van der Waals surface area contributed by atoms with E-state index in [-0.39, 0.29) is 0 Å². The summed E-state index contributed by atoms with van der Waals surface area (Å²) < 4.78 is 2.24. The lowest BCUT2D eigenvalue weighted by Crippen LogP contribution is -2.02. The van der Waals surface area contributed by atoms with Crippen LogP contribution in [0, 0.1) is 0 Å². The average Bonchev–Trinajstić information content (AvgIpc) is 2.85. The number of hydrogen-bond acceptors (Lipinski definition) is 2. The Labute approximate surface area is 94.3 Å². The largest absolute Gasteiger partial charge is 0.354 e. The zero-order chi connectivity index (χ0) is 10.5. The summed E-state index contributed by atoms with van der Waals surface area (Å²) in [5.74, 6) is 0. The molecule has 0 atom stereocenters. The van der Waals surface area contributed by atoms with Crippen molar-refractivity contribution in [2.24, 2.45) is 5.73 Å². The SMILES string of the molecule is NCCc1ccn(CCc2ccsc2)c1. The van der Waals surface area contributed by atoms with E-state index in [1.807, 2.05) is 0 Å². The van der Waals surface area contributed by atoms with Crippen molar-refractivity contribution in [1.29, 1.82) is 0 Å². The summed E-state index contributed by atoms with van der Waals surface area (Å²) in [6.07, 6.45) is 6.42. The van der Waals surface area contributed by atoms with Crippen molar-refractivity contribution in [1.82, 2.24) is 4.57 Å². The van der Waals surface area contributed by atoms with Gasteiger partial charge in [0.1, 0.15) is 0 Å². The van der Waals surface area contributed by atoms with Gasteiger partial charge in [-0.2, -0.15) is 11.3 Å². The van der Waals surface area contributed by atoms with Crippen molar-refractivity contribution in [2.75, 3.05) is 6.54 Å². The minimum absolute atomic E-state index is 0.731. The highest BCUT2D eigenvalue weighted by Crippen LogP contribution is 2.09. The lowest BCUT2D eigenvalue weighted by atomic mass is 10.2. The zero-order valence-corrected chi connectivity index (χ0v) is 9.54. The minimum Gasteiger partial charge on any atom is -0.354 e. The maximum absolute atomic E-state index is 5.51. The molecule has 2 nitrogen and oxygen atoms in total. The molecule has 0 amide bonds. The van der Waals surface area contributed by atoms with E-state index in [2.05, 4.69) is 39.9 Å². The van der Waals surface area contributed by atoms with Gasteiger partial charge in [-0.15, -0.1) is 0 Å². The fourth-order valence-electron chi connectivity index (χ4n) is 1.64. The Hall–Kier alpha value is -1.06. The van der Waals surface area contributed by atoms with Crippen LogP contribution in [0.2, 0.25) is 0 Å². The van der Waals surface area contributed by atoms with Crippen LogP contribution in [0.5, 0.6) is 0 Å². The summed E-state index contributed by atoms with van der Waals surface area (Å²) in [5, 5.41) is 4.34. The fourth-order valence-corrected chi connectivity index (χ4v) is 2.34. The van der Waals surface area contributed by atoms with Gasteiger partial charge < -0.3 is 10.3 Å². The molecule has 15 heavy (non-hydrogen) atoms. The number of rotatable bonds is 5. The van der Waals surface area contributed by atoms with Crippen LogP contribution in [0.1, 0.15) is 11.1 Å². The molecule has 80 valence electrons. The molecule has 2 heterocycles. The molecule has 0 saturated carbocycles. The van der Waals surface area contributed by atoms with Crippen LogP contribution in [-0.2, 0) is 19.4 Å². The second-order valence-electron chi connectivity index (χ2n) is 3.68. The average molecular weight is 220 g/mol. The number of hydrogen-bond donors (Lipinski definition) is 1. The third-order valence-electron chi connectivity index (χ3n) is 2.48. The van der Waals surface area contributed by atoms with E-state index >= 15 is 0 Å². The number of aromatic nitrogens is 1. The highest BCUT2D eigenvalue weighted by Gasteiger charge is 1.97. The smallest absolute Gasteiger partial charge is 0.0260 e. The van der Waals surface area contributed by atoms with Crippen LogP contribution in [-0.4, -0.2) is 11.1 Å². The van der Waals surface area contributed by atoms with E-state index in [0.29, 0.717) is 0 Å². The van der Waals surface area contributed by atoms with E-state index < -0.39 is 0 Å². The molecule has 0 aliphatic carbocycles. The fraction of sp³-hybridized carbons (Fsp3) is 0.333. The standard InChI is InChI=1S/C12H16N2S/c13-5-1-11-2-6-14(9-11)7-3-12-4-8-15-10-12/h2,4,6,8-10H,1,3,5,7,13H2. The predicted molar refractivity (Wildman–Crippen MR) is 65.2 cm³/mol. The molecule has 0 aliphatic rings. The van der Waals surface area contributed by atoms with Crippen molar-refractivity contribution < 1.29 is 0 Å². The number of thiophene rings is 1. The number of nitrogens with zero attached hydrogens (tertiary/aromatic N) is 1. The van der Waals surface area contributed by atoms with E-state index in [9.17, 15) is 0 Å². The topological polar surface area (TPSA) is 30.9 Å². The molecule has 0 radical (unpaired) electrons. The van der Waals surface area contributed by atoms with Gasteiger partial charge in [0, 0.05) is 18.9 Å². The van der Waals surface area contributed by atoms with Crippen LogP contribution in [0.25, 0.3) is 0 Å². The Bertz CT molecular complexity index is 389. The molecule has 0 aromatic carbocycles. The number of nitrogens with two attached hydrogens (primary N) is 1. The quantitative estimate of drug-likeness (QED) is 0.823. The summed E-state index contributed by atoms with van der Waals surface area (Å²) in [6, 6.07) is 4.34. The van der Waals surface area contributed by atoms with Crippen LogP contribution in [0.4, 0.5) is 0 Å². The lowest BCUT2D eigenvalue weighted by molar-refractivity contribution is 0.700. The van der Waals surface area contributed by atoms with Crippen molar-refractivity contribution in [3.05, 3.63) is 46.4 Å². The Kier molecular flexibility index (Phi) is 3.59. The molecule has 0 saturated heterocycles. The summed E-state index contributed by atoms with van der Waals surface area (Å²) in [7, 11) is 0. The van der Waals surface area contributed by atoms with Gasteiger partial charge in [0.05, 0.1) is 0 Å². The van der Waals surface area contributed by atoms with Gasteiger partial charge in [0.15, 0.2) is 0 Å². The molecule has 0 spiro atoms. The Balaban J connectivity index is 1.88. The van der Waals surface area contributed by atoms with E-state index in [1.54, 1.807) is 11.3 Å². The zero-order valence-electron chi connectivity index (χ0n) is 8.73. The molecule has 0 bridgehead atoms. The van der Waals surface area contributed by atoms with Gasteiger partial charge in [-0.1, -0.05) is 0 Å². The second kappa shape index (κ2) is 5.14. The molecule has 0 aliphatic heterocycles. The monoisotopic (exact) mass is 220 g/mol. The highest BCUT2D eigenvalue weighted by atomic mass is 32.1.